The maximum atomic E-state index is 12.3. The smallest absolute Gasteiger partial charge is 0.239 e. The van der Waals surface area contributed by atoms with Gasteiger partial charge < -0.3 is 15.5 Å². The molecule has 2 saturated heterocycles. The van der Waals surface area contributed by atoms with Crippen molar-refractivity contribution in [1.29, 1.82) is 0 Å². The Hall–Kier alpha value is -1.10. The van der Waals surface area contributed by atoms with Crippen LogP contribution in [0.1, 0.15) is 33.1 Å². The second-order valence-corrected chi connectivity index (χ2v) is 5.48. The first-order chi connectivity index (χ1) is 8.54. The molecule has 2 aliphatic heterocycles. The molecule has 2 amide bonds. The number of hydrogen-bond acceptors (Lipinski definition) is 3. The van der Waals surface area contributed by atoms with E-state index in [1.807, 2.05) is 23.6 Å². The van der Waals surface area contributed by atoms with E-state index < -0.39 is 6.04 Å². The van der Waals surface area contributed by atoms with Gasteiger partial charge in [-0.2, -0.15) is 0 Å². The molecule has 2 N–H and O–H groups in total. The van der Waals surface area contributed by atoms with E-state index in [4.69, 9.17) is 5.73 Å². The average Bonchev–Trinajstić information content (AvgIpc) is 2.77. The molecule has 2 fully saturated rings. The van der Waals surface area contributed by atoms with Crippen LogP contribution in [-0.2, 0) is 9.59 Å². The van der Waals surface area contributed by atoms with E-state index in [-0.39, 0.29) is 23.8 Å². The van der Waals surface area contributed by atoms with Gasteiger partial charge in [0, 0.05) is 32.1 Å². The van der Waals surface area contributed by atoms with Crippen molar-refractivity contribution in [3.63, 3.8) is 0 Å². The standard InChI is InChI=1S/C13H23N3O2/c1-3-9(2)12(14)13(18)15-6-7-16-10(8-15)4-5-11(16)17/h9-10,12H,3-8,14H2,1-2H3. The average molecular weight is 253 g/mol. The van der Waals surface area contributed by atoms with Gasteiger partial charge in [-0.3, -0.25) is 9.59 Å². The lowest BCUT2D eigenvalue weighted by atomic mass is 9.98. The number of amides is 2. The fourth-order valence-electron chi connectivity index (χ4n) is 2.77. The third-order valence-corrected chi connectivity index (χ3v) is 4.35. The largest absolute Gasteiger partial charge is 0.338 e. The van der Waals surface area contributed by atoms with Crippen molar-refractivity contribution in [3.05, 3.63) is 0 Å². The number of carbonyl (C=O) groups is 2. The predicted molar refractivity (Wildman–Crippen MR) is 68.7 cm³/mol. The molecular weight excluding hydrogens is 230 g/mol. The Kier molecular flexibility index (Phi) is 3.90. The van der Waals surface area contributed by atoms with Gasteiger partial charge in [-0.05, 0) is 12.3 Å². The van der Waals surface area contributed by atoms with Gasteiger partial charge in [0.1, 0.15) is 0 Å². The molecule has 2 heterocycles. The predicted octanol–water partition coefficient (Wildman–Crippen LogP) is 0.193. The summed E-state index contributed by atoms with van der Waals surface area (Å²) in [5.74, 6) is 0.488. The number of nitrogens with two attached hydrogens (primary N) is 1. The van der Waals surface area contributed by atoms with Gasteiger partial charge in [-0.1, -0.05) is 20.3 Å². The van der Waals surface area contributed by atoms with Crippen LogP contribution in [0.15, 0.2) is 0 Å². The summed E-state index contributed by atoms with van der Waals surface area (Å²) in [6.45, 7) is 6.02. The molecule has 0 radical (unpaired) electrons. The highest BCUT2D eigenvalue weighted by atomic mass is 16.2. The SMILES string of the molecule is CCC(C)C(N)C(=O)N1CCN2C(=O)CCC2C1. The lowest BCUT2D eigenvalue weighted by Crippen LogP contribution is -2.57. The summed E-state index contributed by atoms with van der Waals surface area (Å²) in [5, 5.41) is 0. The van der Waals surface area contributed by atoms with E-state index in [0.29, 0.717) is 26.1 Å². The fourth-order valence-corrected chi connectivity index (χ4v) is 2.77. The van der Waals surface area contributed by atoms with Crippen LogP contribution < -0.4 is 5.73 Å². The zero-order valence-electron chi connectivity index (χ0n) is 11.3. The van der Waals surface area contributed by atoms with Crippen LogP contribution >= 0.6 is 0 Å². The maximum Gasteiger partial charge on any atom is 0.239 e. The number of fused-ring (bicyclic) bond motifs is 1. The Labute approximate surface area is 108 Å². The van der Waals surface area contributed by atoms with Crippen molar-refractivity contribution in [2.45, 2.75) is 45.2 Å². The molecule has 0 aliphatic carbocycles. The molecule has 18 heavy (non-hydrogen) atoms. The van der Waals surface area contributed by atoms with Crippen molar-refractivity contribution < 1.29 is 9.59 Å². The first-order valence-corrected chi connectivity index (χ1v) is 6.88. The zero-order chi connectivity index (χ0) is 13.3. The molecule has 0 aromatic rings. The summed E-state index contributed by atoms with van der Waals surface area (Å²) >= 11 is 0. The van der Waals surface area contributed by atoms with Crippen LogP contribution in [0.4, 0.5) is 0 Å². The lowest BCUT2D eigenvalue weighted by Gasteiger charge is -2.39. The third-order valence-electron chi connectivity index (χ3n) is 4.35. The number of carbonyl (C=O) groups excluding carboxylic acids is 2. The summed E-state index contributed by atoms with van der Waals surface area (Å²) in [5.41, 5.74) is 5.99. The molecule has 0 spiro atoms. The molecule has 2 rings (SSSR count). The van der Waals surface area contributed by atoms with E-state index in [1.165, 1.54) is 0 Å². The van der Waals surface area contributed by atoms with Crippen molar-refractivity contribution in [2.24, 2.45) is 11.7 Å². The highest BCUT2D eigenvalue weighted by Gasteiger charge is 2.38. The van der Waals surface area contributed by atoms with Crippen LogP contribution in [0.5, 0.6) is 0 Å². The molecule has 2 aliphatic rings. The van der Waals surface area contributed by atoms with E-state index in [0.717, 1.165) is 12.8 Å². The van der Waals surface area contributed by atoms with Crippen LogP contribution in [0, 0.1) is 5.92 Å². The molecule has 0 saturated carbocycles. The van der Waals surface area contributed by atoms with E-state index >= 15 is 0 Å². The molecule has 3 atom stereocenters. The van der Waals surface area contributed by atoms with Crippen molar-refractivity contribution in [3.8, 4) is 0 Å². The first kappa shape index (κ1) is 13.3. The van der Waals surface area contributed by atoms with E-state index in [1.54, 1.807) is 0 Å². The normalized spacial score (nSPS) is 27.1. The topological polar surface area (TPSA) is 66.6 Å². The van der Waals surface area contributed by atoms with E-state index in [2.05, 4.69) is 0 Å². The van der Waals surface area contributed by atoms with Crippen LogP contribution in [0.25, 0.3) is 0 Å². The summed E-state index contributed by atoms with van der Waals surface area (Å²) in [6.07, 6.45) is 2.42. The Morgan fingerprint density at radius 1 is 1.50 bits per heavy atom. The molecule has 0 bridgehead atoms. The quantitative estimate of drug-likeness (QED) is 0.781. The minimum atomic E-state index is -0.404. The van der Waals surface area contributed by atoms with Crippen molar-refractivity contribution in [2.75, 3.05) is 19.6 Å². The second-order valence-electron chi connectivity index (χ2n) is 5.48. The zero-order valence-corrected chi connectivity index (χ0v) is 11.3. The summed E-state index contributed by atoms with van der Waals surface area (Å²) < 4.78 is 0. The summed E-state index contributed by atoms with van der Waals surface area (Å²) in [6, 6.07) is -0.182. The Morgan fingerprint density at radius 2 is 2.22 bits per heavy atom. The van der Waals surface area contributed by atoms with Crippen molar-refractivity contribution >= 4 is 11.8 Å². The minimum Gasteiger partial charge on any atom is -0.338 e. The van der Waals surface area contributed by atoms with Gasteiger partial charge in [-0.25, -0.2) is 0 Å². The number of rotatable bonds is 3. The van der Waals surface area contributed by atoms with Gasteiger partial charge >= 0.3 is 0 Å². The minimum absolute atomic E-state index is 0.0448. The molecule has 0 aromatic heterocycles. The van der Waals surface area contributed by atoms with Crippen LogP contribution in [-0.4, -0.2) is 53.3 Å². The Morgan fingerprint density at radius 3 is 2.89 bits per heavy atom. The number of piperazine rings is 1. The highest BCUT2D eigenvalue weighted by molar-refractivity contribution is 5.83. The maximum absolute atomic E-state index is 12.3. The van der Waals surface area contributed by atoms with E-state index in [9.17, 15) is 9.59 Å². The monoisotopic (exact) mass is 253 g/mol. The molecular formula is C13H23N3O2. The third kappa shape index (κ3) is 2.36. The van der Waals surface area contributed by atoms with Crippen LogP contribution in [0.2, 0.25) is 0 Å². The lowest BCUT2D eigenvalue weighted by molar-refractivity contribution is -0.140. The molecule has 102 valence electrons. The first-order valence-electron chi connectivity index (χ1n) is 6.88. The number of nitrogens with zero attached hydrogens (tertiary/aromatic N) is 2. The van der Waals surface area contributed by atoms with Crippen molar-refractivity contribution in [1.82, 2.24) is 9.80 Å². The molecule has 3 unspecified atom stereocenters. The summed E-state index contributed by atoms with van der Waals surface area (Å²) in [4.78, 5) is 27.6. The molecule has 0 aromatic carbocycles. The highest BCUT2D eigenvalue weighted by Crippen LogP contribution is 2.23. The Bertz CT molecular complexity index is 345. The second kappa shape index (κ2) is 5.26. The molecule has 5 nitrogen and oxygen atoms in total. The van der Waals surface area contributed by atoms with Gasteiger partial charge in [0.2, 0.25) is 11.8 Å². The van der Waals surface area contributed by atoms with Gasteiger partial charge in [0.15, 0.2) is 0 Å². The number of hydrogen-bond donors (Lipinski definition) is 1. The van der Waals surface area contributed by atoms with Gasteiger partial charge in [0.05, 0.1) is 6.04 Å². The Balaban J connectivity index is 1.95. The fraction of sp³-hybridized carbons (Fsp3) is 0.846. The van der Waals surface area contributed by atoms with Crippen LogP contribution in [0.3, 0.4) is 0 Å². The molecule has 5 heteroatoms. The van der Waals surface area contributed by atoms with Gasteiger partial charge in [0.25, 0.3) is 0 Å². The summed E-state index contributed by atoms with van der Waals surface area (Å²) in [7, 11) is 0. The van der Waals surface area contributed by atoms with Gasteiger partial charge in [-0.15, -0.1) is 0 Å².